The van der Waals surface area contributed by atoms with Crippen LogP contribution in [0.3, 0.4) is 0 Å². The first-order valence-corrected chi connectivity index (χ1v) is 9.95. The quantitative estimate of drug-likeness (QED) is 0.748. The molecule has 5 nitrogen and oxygen atoms in total. The lowest BCUT2D eigenvalue weighted by Gasteiger charge is -2.43. The SMILES string of the molecule is CCOC(=O)CC(NC(=O)C1CC2CCCC(C1)C2N)c1ccc(F)cc1. The third-order valence-corrected chi connectivity index (χ3v) is 6.05. The second-order valence-corrected chi connectivity index (χ2v) is 7.82. The standard InChI is InChI=1S/C21H29FN2O3/c1-2-27-19(25)12-18(13-6-8-17(22)9-7-13)24-21(26)16-10-14-4-3-5-15(11-16)20(14)23/h6-9,14-16,18,20H,2-5,10-12,23H2,1H3,(H,24,26). The first kappa shape index (κ1) is 19.8. The van der Waals surface area contributed by atoms with E-state index in [4.69, 9.17) is 10.5 Å². The van der Waals surface area contributed by atoms with E-state index in [1.807, 2.05) is 0 Å². The summed E-state index contributed by atoms with van der Waals surface area (Å²) in [4.78, 5) is 24.9. The minimum absolute atomic E-state index is 0.0320. The van der Waals surface area contributed by atoms with Gasteiger partial charge in [0.15, 0.2) is 0 Å². The number of fused-ring (bicyclic) bond motifs is 2. The van der Waals surface area contributed by atoms with Crippen LogP contribution in [0.2, 0.25) is 0 Å². The molecule has 148 valence electrons. The summed E-state index contributed by atoms with van der Waals surface area (Å²) in [6.07, 6.45) is 5.01. The molecule has 3 unspecified atom stereocenters. The molecule has 0 heterocycles. The summed E-state index contributed by atoms with van der Waals surface area (Å²) in [5.74, 6) is -0.0449. The van der Waals surface area contributed by atoms with Gasteiger partial charge in [0.2, 0.25) is 5.91 Å². The molecule has 3 atom stereocenters. The van der Waals surface area contributed by atoms with Crippen LogP contribution in [0.25, 0.3) is 0 Å². The number of benzene rings is 1. The van der Waals surface area contributed by atoms with Crippen molar-refractivity contribution in [1.29, 1.82) is 0 Å². The number of carbonyl (C=O) groups is 2. The fourth-order valence-corrected chi connectivity index (χ4v) is 4.63. The normalized spacial score (nSPS) is 28.3. The number of esters is 1. The number of amides is 1. The Morgan fingerprint density at radius 3 is 2.44 bits per heavy atom. The van der Waals surface area contributed by atoms with Crippen molar-refractivity contribution in [3.63, 3.8) is 0 Å². The van der Waals surface area contributed by atoms with Crippen molar-refractivity contribution in [3.8, 4) is 0 Å². The number of ether oxygens (including phenoxy) is 1. The largest absolute Gasteiger partial charge is 0.466 e. The third-order valence-electron chi connectivity index (χ3n) is 6.05. The zero-order valence-electron chi connectivity index (χ0n) is 15.8. The van der Waals surface area contributed by atoms with Crippen LogP contribution in [0.15, 0.2) is 24.3 Å². The Labute approximate surface area is 159 Å². The van der Waals surface area contributed by atoms with Crippen molar-refractivity contribution < 1.29 is 18.7 Å². The van der Waals surface area contributed by atoms with Gasteiger partial charge in [-0.15, -0.1) is 0 Å². The monoisotopic (exact) mass is 376 g/mol. The smallest absolute Gasteiger partial charge is 0.308 e. The van der Waals surface area contributed by atoms with Crippen LogP contribution in [0.1, 0.15) is 57.1 Å². The Bertz CT molecular complexity index is 650. The molecule has 6 heteroatoms. The number of carbonyl (C=O) groups excluding carboxylic acids is 2. The lowest BCUT2D eigenvalue weighted by molar-refractivity contribution is -0.144. The molecule has 0 aromatic heterocycles. The topological polar surface area (TPSA) is 81.4 Å². The summed E-state index contributed by atoms with van der Waals surface area (Å²) in [7, 11) is 0. The summed E-state index contributed by atoms with van der Waals surface area (Å²) in [5, 5.41) is 3.01. The molecule has 2 aliphatic rings. The lowest BCUT2D eigenvalue weighted by Crippen LogP contribution is -2.49. The third kappa shape index (κ3) is 4.86. The van der Waals surface area contributed by atoms with Gasteiger partial charge in [-0.3, -0.25) is 9.59 Å². The van der Waals surface area contributed by atoms with Crippen molar-refractivity contribution in [2.45, 2.75) is 57.5 Å². The van der Waals surface area contributed by atoms with Gasteiger partial charge in [-0.25, -0.2) is 4.39 Å². The lowest BCUT2D eigenvalue weighted by atomic mass is 9.65. The maximum absolute atomic E-state index is 13.3. The molecule has 2 aliphatic carbocycles. The molecular weight excluding hydrogens is 347 g/mol. The van der Waals surface area contributed by atoms with E-state index in [2.05, 4.69) is 5.32 Å². The van der Waals surface area contributed by atoms with Crippen LogP contribution >= 0.6 is 0 Å². The second kappa shape index (κ2) is 8.83. The molecule has 2 saturated carbocycles. The van der Waals surface area contributed by atoms with Crippen molar-refractivity contribution in [2.24, 2.45) is 23.5 Å². The number of nitrogens with two attached hydrogens (primary N) is 1. The van der Waals surface area contributed by atoms with Crippen LogP contribution in [0.5, 0.6) is 0 Å². The highest BCUT2D eigenvalue weighted by Crippen LogP contribution is 2.42. The number of nitrogens with one attached hydrogen (secondary N) is 1. The Balaban J connectivity index is 1.70. The summed E-state index contributed by atoms with van der Waals surface area (Å²) in [5.41, 5.74) is 7.02. The van der Waals surface area contributed by atoms with Gasteiger partial charge >= 0.3 is 5.97 Å². The second-order valence-electron chi connectivity index (χ2n) is 7.82. The van der Waals surface area contributed by atoms with Crippen molar-refractivity contribution >= 4 is 11.9 Å². The van der Waals surface area contributed by atoms with Gasteiger partial charge in [-0.1, -0.05) is 18.6 Å². The van der Waals surface area contributed by atoms with E-state index >= 15 is 0 Å². The highest BCUT2D eigenvalue weighted by Gasteiger charge is 2.41. The van der Waals surface area contributed by atoms with Gasteiger partial charge in [0, 0.05) is 12.0 Å². The molecule has 1 aromatic carbocycles. The fourth-order valence-electron chi connectivity index (χ4n) is 4.63. The van der Waals surface area contributed by atoms with Crippen LogP contribution in [0.4, 0.5) is 4.39 Å². The van der Waals surface area contributed by atoms with E-state index in [1.54, 1.807) is 19.1 Å². The average Bonchev–Trinajstić information content (AvgIpc) is 2.61. The van der Waals surface area contributed by atoms with Crippen LogP contribution in [-0.2, 0) is 14.3 Å². The number of halogens is 1. The van der Waals surface area contributed by atoms with E-state index in [9.17, 15) is 14.0 Å². The predicted octanol–water partition coefficient (Wildman–Crippen LogP) is 3.09. The van der Waals surface area contributed by atoms with E-state index in [0.717, 1.165) is 25.7 Å². The molecule has 0 spiro atoms. The summed E-state index contributed by atoms with van der Waals surface area (Å²) >= 11 is 0. The Hall–Kier alpha value is -1.95. The predicted molar refractivity (Wildman–Crippen MR) is 100 cm³/mol. The molecule has 3 N–H and O–H groups in total. The number of hydrogen-bond acceptors (Lipinski definition) is 4. The molecule has 2 bridgehead atoms. The molecule has 0 aliphatic heterocycles. The minimum atomic E-state index is -0.521. The minimum Gasteiger partial charge on any atom is -0.466 e. The fraction of sp³-hybridized carbons (Fsp3) is 0.619. The van der Waals surface area contributed by atoms with E-state index < -0.39 is 6.04 Å². The molecule has 0 radical (unpaired) electrons. The van der Waals surface area contributed by atoms with Gasteiger partial charge in [0.05, 0.1) is 19.1 Å². The summed E-state index contributed by atoms with van der Waals surface area (Å²) in [6, 6.07) is 5.56. The highest BCUT2D eigenvalue weighted by atomic mass is 19.1. The number of rotatable bonds is 6. The summed E-state index contributed by atoms with van der Waals surface area (Å²) in [6.45, 7) is 2.03. The molecule has 0 saturated heterocycles. The Morgan fingerprint density at radius 2 is 1.85 bits per heavy atom. The molecule has 2 fully saturated rings. The van der Waals surface area contributed by atoms with Gasteiger partial charge in [-0.2, -0.15) is 0 Å². The Morgan fingerprint density at radius 1 is 1.22 bits per heavy atom. The number of hydrogen-bond donors (Lipinski definition) is 2. The molecular formula is C21H29FN2O3. The molecule has 1 aromatic rings. The van der Waals surface area contributed by atoms with E-state index in [0.29, 0.717) is 17.4 Å². The van der Waals surface area contributed by atoms with Gasteiger partial charge in [0.1, 0.15) is 5.82 Å². The molecule has 3 rings (SSSR count). The zero-order chi connectivity index (χ0) is 19.4. The molecule has 27 heavy (non-hydrogen) atoms. The van der Waals surface area contributed by atoms with Gasteiger partial charge < -0.3 is 15.8 Å². The van der Waals surface area contributed by atoms with Crippen molar-refractivity contribution in [1.82, 2.24) is 5.32 Å². The van der Waals surface area contributed by atoms with Crippen molar-refractivity contribution in [3.05, 3.63) is 35.6 Å². The van der Waals surface area contributed by atoms with Crippen LogP contribution in [-0.4, -0.2) is 24.5 Å². The van der Waals surface area contributed by atoms with Crippen LogP contribution in [0, 0.1) is 23.6 Å². The highest BCUT2D eigenvalue weighted by molar-refractivity contribution is 5.80. The maximum Gasteiger partial charge on any atom is 0.308 e. The Kier molecular flexibility index (Phi) is 6.47. The van der Waals surface area contributed by atoms with Gasteiger partial charge in [0.25, 0.3) is 0 Å². The zero-order valence-corrected chi connectivity index (χ0v) is 15.8. The summed E-state index contributed by atoms with van der Waals surface area (Å²) < 4.78 is 18.3. The van der Waals surface area contributed by atoms with Crippen molar-refractivity contribution in [2.75, 3.05) is 6.61 Å². The maximum atomic E-state index is 13.3. The first-order valence-electron chi connectivity index (χ1n) is 9.95. The average molecular weight is 376 g/mol. The first-order chi connectivity index (χ1) is 13.0. The van der Waals surface area contributed by atoms with Gasteiger partial charge in [-0.05, 0) is 62.1 Å². The van der Waals surface area contributed by atoms with E-state index in [1.165, 1.54) is 18.6 Å². The van der Waals surface area contributed by atoms with Crippen LogP contribution < -0.4 is 11.1 Å². The van der Waals surface area contributed by atoms with E-state index in [-0.39, 0.29) is 42.7 Å². The molecule has 1 amide bonds.